The fourth-order valence-corrected chi connectivity index (χ4v) is 4.98. The van der Waals surface area contributed by atoms with Gasteiger partial charge in [0.05, 0.1) is 10.2 Å². The number of carbonyl (C=O) groups excluding carboxylic acids is 1. The van der Waals surface area contributed by atoms with Crippen LogP contribution in [0.4, 0.5) is 0 Å². The van der Waals surface area contributed by atoms with Crippen molar-refractivity contribution < 1.29 is 4.79 Å². The van der Waals surface area contributed by atoms with E-state index in [-0.39, 0.29) is 5.91 Å². The lowest BCUT2D eigenvalue weighted by atomic mass is 10.2. The summed E-state index contributed by atoms with van der Waals surface area (Å²) in [7, 11) is 0. The minimum Gasteiger partial charge on any atom is -0.316 e. The summed E-state index contributed by atoms with van der Waals surface area (Å²) in [6, 6.07) is 13.5. The van der Waals surface area contributed by atoms with Gasteiger partial charge in [-0.25, -0.2) is 0 Å². The molecule has 2 aromatic carbocycles. The van der Waals surface area contributed by atoms with Crippen LogP contribution in [0, 0.1) is 0 Å². The van der Waals surface area contributed by atoms with Crippen LogP contribution in [0.2, 0.25) is 5.02 Å². The van der Waals surface area contributed by atoms with E-state index in [0.717, 1.165) is 38.0 Å². The second-order valence-corrected chi connectivity index (χ2v) is 9.29. The maximum absolute atomic E-state index is 12.7. The number of nitrogens with zero attached hydrogens (tertiary/aromatic N) is 2. The van der Waals surface area contributed by atoms with E-state index in [9.17, 15) is 4.79 Å². The van der Waals surface area contributed by atoms with E-state index in [4.69, 9.17) is 11.6 Å². The molecule has 7 heteroatoms. The normalized spacial score (nSPS) is 12.0. The molecule has 0 saturated carbocycles. The molecule has 3 nitrogen and oxygen atoms in total. The topological polar surface area (TPSA) is 34.4 Å². The lowest BCUT2D eigenvalue weighted by molar-refractivity contribution is 0.0997. The van der Waals surface area contributed by atoms with E-state index in [0.29, 0.717) is 10.6 Å². The van der Waals surface area contributed by atoms with Crippen LogP contribution in [-0.2, 0) is 6.54 Å². The zero-order valence-corrected chi connectivity index (χ0v) is 17.8. The summed E-state index contributed by atoms with van der Waals surface area (Å²) in [6.45, 7) is 2.90. The third-order valence-electron chi connectivity index (χ3n) is 3.75. The van der Waals surface area contributed by atoms with Crippen LogP contribution in [0.1, 0.15) is 17.3 Å². The molecule has 3 rings (SSSR count). The van der Waals surface area contributed by atoms with E-state index >= 15 is 0 Å². The zero-order valence-electron chi connectivity index (χ0n) is 14.6. The summed E-state index contributed by atoms with van der Waals surface area (Å²) in [5, 5.41) is 0.693. The Hall–Kier alpha value is -1.21. The van der Waals surface area contributed by atoms with Crippen molar-refractivity contribution in [1.82, 2.24) is 4.57 Å². The van der Waals surface area contributed by atoms with Gasteiger partial charge >= 0.3 is 0 Å². The molecule has 1 heterocycles. The van der Waals surface area contributed by atoms with Gasteiger partial charge in [-0.15, -0.1) is 11.8 Å². The first-order chi connectivity index (χ1) is 12.6. The van der Waals surface area contributed by atoms with Crippen LogP contribution in [0.5, 0.6) is 0 Å². The van der Waals surface area contributed by atoms with E-state index in [1.807, 2.05) is 42.5 Å². The second kappa shape index (κ2) is 9.13. The molecule has 0 N–H and O–H groups in total. The SMILES string of the molecule is CCSc1cccc(C(=O)N=c2sc3cc(Cl)ccc3n2CCSC)c1. The fraction of sp³-hybridized carbons (Fsp3) is 0.263. The molecule has 0 saturated heterocycles. The lowest BCUT2D eigenvalue weighted by Gasteiger charge is -2.04. The number of amides is 1. The minimum absolute atomic E-state index is 0.209. The van der Waals surface area contributed by atoms with E-state index in [1.54, 1.807) is 23.5 Å². The third-order valence-corrected chi connectivity index (χ3v) is 6.50. The van der Waals surface area contributed by atoms with Crippen molar-refractivity contribution >= 4 is 62.6 Å². The van der Waals surface area contributed by atoms with Gasteiger partial charge in [-0.05, 0) is 48.4 Å². The monoisotopic (exact) mass is 422 g/mol. The average Bonchev–Trinajstić information content (AvgIpc) is 2.96. The predicted molar refractivity (Wildman–Crippen MR) is 116 cm³/mol. The molecule has 0 radical (unpaired) electrons. The molecule has 1 amide bonds. The summed E-state index contributed by atoms with van der Waals surface area (Å²) in [5.41, 5.74) is 1.69. The zero-order chi connectivity index (χ0) is 18.5. The Labute approximate surface area is 170 Å². The van der Waals surface area contributed by atoms with Crippen LogP contribution in [0.25, 0.3) is 10.2 Å². The first-order valence-corrected chi connectivity index (χ1v) is 11.8. The Morgan fingerprint density at radius 3 is 2.88 bits per heavy atom. The van der Waals surface area contributed by atoms with Gasteiger partial charge in [0, 0.05) is 27.8 Å². The molecule has 0 unspecified atom stereocenters. The van der Waals surface area contributed by atoms with Gasteiger partial charge in [0.2, 0.25) is 0 Å². The summed E-state index contributed by atoms with van der Waals surface area (Å²) in [4.78, 5) is 19.0. The van der Waals surface area contributed by atoms with Crippen molar-refractivity contribution in [1.29, 1.82) is 0 Å². The molecular weight excluding hydrogens is 404 g/mol. The third kappa shape index (κ3) is 4.55. The van der Waals surface area contributed by atoms with Gasteiger partial charge in [-0.1, -0.05) is 35.9 Å². The second-order valence-electron chi connectivity index (χ2n) is 5.52. The van der Waals surface area contributed by atoms with Gasteiger partial charge < -0.3 is 4.57 Å². The van der Waals surface area contributed by atoms with Crippen molar-refractivity contribution in [2.24, 2.45) is 4.99 Å². The number of aryl methyl sites for hydroxylation is 1. The predicted octanol–water partition coefficient (Wildman–Crippen LogP) is 5.57. The van der Waals surface area contributed by atoms with Crippen LogP contribution < -0.4 is 4.80 Å². The Morgan fingerprint density at radius 1 is 1.27 bits per heavy atom. The minimum atomic E-state index is -0.209. The summed E-state index contributed by atoms with van der Waals surface area (Å²) < 4.78 is 3.15. The van der Waals surface area contributed by atoms with Crippen LogP contribution in [0.15, 0.2) is 52.4 Å². The quantitative estimate of drug-likeness (QED) is 0.487. The number of hydrogen-bond acceptors (Lipinski definition) is 4. The fourth-order valence-electron chi connectivity index (χ4n) is 2.57. The molecule has 0 fully saturated rings. The number of thioether (sulfide) groups is 2. The number of carbonyl (C=O) groups is 1. The summed E-state index contributed by atoms with van der Waals surface area (Å²) in [6.07, 6.45) is 2.07. The molecule has 0 aliphatic carbocycles. The average molecular weight is 423 g/mol. The van der Waals surface area contributed by atoms with E-state index in [1.165, 1.54) is 11.3 Å². The Kier molecular flexibility index (Phi) is 6.86. The van der Waals surface area contributed by atoms with Crippen molar-refractivity contribution in [3.8, 4) is 0 Å². The first-order valence-electron chi connectivity index (χ1n) is 8.22. The van der Waals surface area contributed by atoms with Crippen LogP contribution in [0.3, 0.4) is 0 Å². The Balaban J connectivity index is 2.05. The molecule has 136 valence electrons. The molecular formula is C19H19ClN2OS3. The van der Waals surface area contributed by atoms with E-state index < -0.39 is 0 Å². The highest BCUT2D eigenvalue weighted by molar-refractivity contribution is 7.99. The highest BCUT2D eigenvalue weighted by Crippen LogP contribution is 2.23. The van der Waals surface area contributed by atoms with Crippen molar-refractivity contribution in [3.05, 3.63) is 57.9 Å². The number of halogens is 1. The summed E-state index contributed by atoms with van der Waals surface area (Å²) in [5.74, 6) is 1.72. The molecule has 0 spiro atoms. The van der Waals surface area contributed by atoms with Gasteiger partial charge in [0.15, 0.2) is 4.80 Å². The molecule has 0 aliphatic heterocycles. The maximum atomic E-state index is 12.7. The smallest absolute Gasteiger partial charge is 0.279 e. The van der Waals surface area contributed by atoms with Crippen LogP contribution >= 0.6 is 46.5 Å². The molecule has 3 aromatic rings. The molecule has 0 atom stereocenters. The molecule has 0 aliphatic rings. The van der Waals surface area contributed by atoms with Crippen LogP contribution in [-0.4, -0.2) is 28.2 Å². The van der Waals surface area contributed by atoms with Crippen molar-refractivity contribution in [2.75, 3.05) is 17.8 Å². The highest BCUT2D eigenvalue weighted by atomic mass is 35.5. The van der Waals surface area contributed by atoms with Gasteiger partial charge in [-0.2, -0.15) is 16.8 Å². The van der Waals surface area contributed by atoms with E-state index in [2.05, 4.69) is 22.7 Å². The Bertz CT molecular complexity index is 994. The first kappa shape index (κ1) is 19.5. The van der Waals surface area contributed by atoms with Crippen molar-refractivity contribution in [3.63, 3.8) is 0 Å². The number of benzene rings is 2. The molecule has 1 aromatic heterocycles. The maximum Gasteiger partial charge on any atom is 0.279 e. The number of thiazole rings is 1. The van der Waals surface area contributed by atoms with Crippen molar-refractivity contribution in [2.45, 2.75) is 18.4 Å². The van der Waals surface area contributed by atoms with Gasteiger partial charge in [0.1, 0.15) is 0 Å². The van der Waals surface area contributed by atoms with Gasteiger partial charge in [-0.3, -0.25) is 4.79 Å². The number of fused-ring (bicyclic) bond motifs is 1. The summed E-state index contributed by atoms with van der Waals surface area (Å²) >= 11 is 11.1. The van der Waals surface area contributed by atoms with Gasteiger partial charge in [0.25, 0.3) is 5.91 Å². The molecule has 26 heavy (non-hydrogen) atoms. The highest BCUT2D eigenvalue weighted by Gasteiger charge is 2.10. The Morgan fingerprint density at radius 2 is 2.12 bits per heavy atom. The number of rotatable bonds is 6. The number of hydrogen-bond donors (Lipinski definition) is 0. The number of aromatic nitrogens is 1. The lowest BCUT2D eigenvalue weighted by Crippen LogP contribution is -2.18. The molecule has 0 bridgehead atoms. The largest absolute Gasteiger partial charge is 0.316 e. The standard InChI is InChI=1S/C19H19ClN2OS3/c1-3-25-15-6-4-5-13(11-15)18(23)21-19-22(9-10-24-2)16-8-7-14(20)12-17(16)26-19/h4-8,11-12H,3,9-10H2,1-2H3.